The van der Waals surface area contributed by atoms with Gasteiger partial charge in [-0.25, -0.2) is 0 Å². The van der Waals surface area contributed by atoms with E-state index in [1.54, 1.807) is 36.4 Å². The van der Waals surface area contributed by atoms with Crippen LogP contribution in [0.25, 0.3) is 22.3 Å². The van der Waals surface area contributed by atoms with Crippen LogP contribution in [0.2, 0.25) is 5.02 Å². The summed E-state index contributed by atoms with van der Waals surface area (Å²) in [6.07, 6.45) is 0.757. The smallest absolute Gasteiger partial charge is 0.323 e. The minimum absolute atomic E-state index is 0.139. The molecule has 0 unspecified atom stereocenters. The molecule has 0 bridgehead atoms. The summed E-state index contributed by atoms with van der Waals surface area (Å²) < 4.78 is 12.1. The van der Waals surface area contributed by atoms with Crippen LogP contribution in [-0.2, 0) is 11.2 Å². The fourth-order valence-corrected chi connectivity index (χ4v) is 4.37. The van der Waals surface area contributed by atoms with Gasteiger partial charge in [-0.3, -0.25) is 9.59 Å². The minimum atomic E-state index is -0.720. The predicted octanol–water partition coefficient (Wildman–Crippen LogP) is 7.41. The Hall–Kier alpha value is -4.15. The van der Waals surface area contributed by atoms with Crippen LogP contribution in [0.4, 0.5) is 0 Å². The van der Waals surface area contributed by atoms with Crippen LogP contribution in [-0.4, -0.2) is 5.97 Å². The second-order valence-corrected chi connectivity index (χ2v) is 8.89. The third-order valence-electron chi connectivity index (χ3n) is 6.13. The quantitative estimate of drug-likeness (QED) is 0.230. The lowest BCUT2D eigenvalue weighted by atomic mass is 9.91. The molecule has 0 aliphatic carbocycles. The summed E-state index contributed by atoms with van der Waals surface area (Å²) in [6, 6.07) is 31.1. The predicted molar refractivity (Wildman–Crippen MR) is 143 cm³/mol. The van der Waals surface area contributed by atoms with Crippen molar-refractivity contribution < 1.29 is 13.9 Å². The first-order chi connectivity index (χ1) is 17.5. The summed E-state index contributed by atoms with van der Waals surface area (Å²) in [6.45, 7) is 2.01. The first-order valence-electron chi connectivity index (χ1n) is 11.7. The molecule has 0 amide bonds. The lowest BCUT2D eigenvalue weighted by molar-refractivity contribution is -0.135. The molecule has 0 N–H and O–H groups in total. The van der Waals surface area contributed by atoms with Crippen molar-refractivity contribution in [3.05, 3.63) is 135 Å². The molecule has 0 atom stereocenters. The highest BCUT2D eigenvalue weighted by atomic mass is 35.5. The van der Waals surface area contributed by atoms with Crippen LogP contribution in [0.5, 0.6) is 5.75 Å². The zero-order valence-corrected chi connectivity index (χ0v) is 20.4. The van der Waals surface area contributed by atoms with Crippen molar-refractivity contribution in [2.45, 2.75) is 19.3 Å². The molecule has 36 heavy (non-hydrogen) atoms. The molecule has 0 aliphatic rings. The summed E-state index contributed by atoms with van der Waals surface area (Å²) in [4.78, 5) is 27.5. The zero-order valence-electron chi connectivity index (χ0n) is 19.6. The van der Waals surface area contributed by atoms with Crippen molar-refractivity contribution in [3.63, 3.8) is 0 Å². The van der Waals surface area contributed by atoms with Crippen LogP contribution in [0, 0.1) is 0 Å². The lowest BCUT2D eigenvalue weighted by Gasteiger charge is -2.18. The Morgan fingerprint density at radius 3 is 2.06 bits per heavy atom. The molecule has 0 saturated carbocycles. The van der Waals surface area contributed by atoms with E-state index in [0.29, 0.717) is 21.6 Å². The van der Waals surface area contributed by atoms with E-state index in [1.165, 1.54) is 0 Å². The molecule has 0 aliphatic heterocycles. The van der Waals surface area contributed by atoms with Gasteiger partial charge in [0.25, 0.3) is 0 Å². The molecule has 0 spiro atoms. The first-order valence-corrected chi connectivity index (χ1v) is 12.1. The molecule has 4 aromatic carbocycles. The lowest BCUT2D eigenvalue weighted by Crippen LogP contribution is -2.23. The molecule has 0 radical (unpaired) electrons. The molecule has 1 heterocycles. The maximum atomic E-state index is 13.7. The van der Waals surface area contributed by atoms with Gasteiger partial charge >= 0.3 is 5.97 Å². The molecule has 5 rings (SSSR count). The van der Waals surface area contributed by atoms with E-state index >= 15 is 0 Å². The van der Waals surface area contributed by atoms with Gasteiger partial charge in [0.15, 0.2) is 5.76 Å². The molecule has 178 valence electrons. The molecule has 5 heteroatoms. The Kier molecular flexibility index (Phi) is 6.70. The van der Waals surface area contributed by atoms with Gasteiger partial charge in [-0.05, 0) is 59.5 Å². The van der Waals surface area contributed by atoms with Gasteiger partial charge in [0.2, 0.25) is 11.2 Å². The number of halogens is 1. The van der Waals surface area contributed by atoms with Gasteiger partial charge in [0, 0.05) is 10.6 Å². The van der Waals surface area contributed by atoms with E-state index in [9.17, 15) is 9.59 Å². The average molecular weight is 495 g/mol. The number of rotatable bonds is 6. The average Bonchev–Trinajstić information content (AvgIpc) is 2.92. The molecule has 0 fully saturated rings. The minimum Gasteiger partial charge on any atom is -0.452 e. The molecule has 0 saturated heterocycles. The van der Waals surface area contributed by atoms with Crippen molar-refractivity contribution in [2.24, 2.45) is 0 Å². The molecule has 5 aromatic rings. The molecular weight excluding hydrogens is 472 g/mol. The van der Waals surface area contributed by atoms with Gasteiger partial charge in [-0.2, -0.15) is 0 Å². The number of ether oxygens (including phenoxy) is 1. The number of esters is 1. The third kappa shape index (κ3) is 4.68. The van der Waals surface area contributed by atoms with Gasteiger partial charge in [0.1, 0.15) is 11.5 Å². The van der Waals surface area contributed by atoms with Crippen LogP contribution < -0.4 is 10.2 Å². The van der Waals surface area contributed by atoms with Crippen molar-refractivity contribution in [2.75, 3.05) is 0 Å². The van der Waals surface area contributed by atoms with Gasteiger partial charge < -0.3 is 9.15 Å². The number of hydrogen-bond acceptors (Lipinski definition) is 4. The van der Waals surface area contributed by atoms with Crippen molar-refractivity contribution in [1.82, 2.24) is 0 Å². The Bertz CT molecular complexity index is 1530. The fourth-order valence-electron chi connectivity index (χ4n) is 4.24. The van der Waals surface area contributed by atoms with Crippen molar-refractivity contribution >= 4 is 28.5 Å². The summed E-state index contributed by atoms with van der Waals surface area (Å²) in [5.74, 6) is -1.25. The SMILES string of the molecule is CCc1ccc2oc(-c3ccc(Cl)cc3)c(OC(=O)C(c3ccccc3)c3ccccc3)c(=O)c2c1. The number of benzene rings is 4. The van der Waals surface area contributed by atoms with E-state index in [-0.39, 0.29) is 11.5 Å². The zero-order chi connectivity index (χ0) is 25.1. The van der Waals surface area contributed by atoms with Crippen LogP contribution >= 0.6 is 11.6 Å². The Labute approximate surface area is 213 Å². The monoisotopic (exact) mass is 494 g/mol. The molecule has 4 nitrogen and oxygen atoms in total. The van der Waals surface area contributed by atoms with Gasteiger partial charge in [-0.1, -0.05) is 85.3 Å². The van der Waals surface area contributed by atoms with E-state index in [0.717, 1.165) is 23.1 Å². The Balaban J connectivity index is 1.67. The maximum absolute atomic E-state index is 13.7. The summed E-state index contributed by atoms with van der Waals surface area (Å²) in [5.41, 5.74) is 3.12. The molecule has 1 aromatic heterocycles. The van der Waals surface area contributed by atoms with Crippen LogP contribution in [0.15, 0.2) is 112 Å². The summed E-state index contributed by atoms with van der Waals surface area (Å²) in [7, 11) is 0. The van der Waals surface area contributed by atoms with E-state index in [1.807, 2.05) is 73.7 Å². The van der Waals surface area contributed by atoms with E-state index < -0.39 is 17.3 Å². The van der Waals surface area contributed by atoms with Crippen LogP contribution in [0.1, 0.15) is 29.5 Å². The number of aryl methyl sites for hydroxylation is 1. The summed E-state index contributed by atoms with van der Waals surface area (Å²) >= 11 is 6.08. The van der Waals surface area contributed by atoms with Crippen LogP contribution in [0.3, 0.4) is 0 Å². The fraction of sp³-hybridized carbons (Fsp3) is 0.0968. The van der Waals surface area contributed by atoms with E-state index in [4.69, 9.17) is 20.8 Å². The number of carbonyl (C=O) groups is 1. The summed E-state index contributed by atoms with van der Waals surface area (Å²) in [5, 5.41) is 0.909. The number of carbonyl (C=O) groups excluding carboxylic acids is 1. The van der Waals surface area contributed by atoms with Gasteiger partial charge in [0.05, 0.1) is 5.39 Å². The standard InChI is InChI=1S/C31H23ClO4/c1-2-20-13-18-26-25(19-20)28(33)30(29(35-26)23-14-16-24(32)17-15-23)36-31(34)27(21-9-5-3-6-10-21)22-11-7-4-8-12-22/h3-19,27H,2H2,1H3. The highest BCUT2D eigenvalue weighted by Gasteiger charge is 2.28. The van der Waals surface area contributed by atoms with Gasteiger partial charge in [-0.15, -0.1) is 0 Å². The van der Waals surface area contributed by atoms with Crippen molar-refractivity contribution in [3.8, 4) is 17.1 Å². The number of hydrogen-bond donors (Lipinski definition) is 0. The second kappa shape index (κ2) is 10.2. The molecular formula is C31H23ClO4. The third-order valence-corrected chi connectivity index (χ3v) is 6.38. The topological polar surface area (TPSA) is 56.5 Å². The van der Waals surface area contributed by atoms with E-state index in [2.05, 4.69) is 0 Å². The highest BCUT2D eigenvalue weighted by molar-refractivity contribution is 6.30. The first kappa shape index (κ1) is 23.6. The Morgan fingerprint density at radius 1 is 0.861 bits per heavy atom. The normalized spacial score (nSPS) is 11.1. The number of fused-ring (bicyclic) bond motifs is 1. The van der Waals surface area contributed by atoms with Crippen molar-refractivity contribution in [1.29, 1.82) is 0 Å². The maximum Gasteiger partial charge on any atom is 0.323 e. The Morgan fingerprint density at radius 2 is 1.47 bits per heavy atom. The highest BCUT2D eigenvalue weighted by Crippen LogP contribution is 2.34. The largest absolute Gasteiger partial charge is 0.452 e. The second-order valence-electron chi connectivity index (χ2n) is 8.46.